The number of hydrogen-bond acceptors (Lipinski definition) is 4. The zero-order valence-electron chi connectivity index (χ0n) is 14.2. The van der Waals surface area contributed by atoms with Crippen molar-refractivity contribution in [1.82, 2.24) is 24.1 Å². The molecule has 3 aromatic rings. The van der Waals surface area contributed by atoms with Gasteiger partial charge in [-0.3, -0.25) is 14.4 Å². The van der Waals surface area contributed by atoms with Gasteiger partial charge in [-0.05, 0) is 24.3 Å². The Morgan fingerprint density at radius 3 is 2.60 bits per heavy atom. The van der Waals surface area contributed by atoms with Crippen LogP contribution in [0.4, 0.5) is 0 Å². The summed E-state index contributed by atoms with van der Waals surface area (Å²) < 4.78 is 9.06. The second-order valence-electron chi connectivity index (χ2n) is 6.24. The highest BCUT2D eigenvalue weighted by molar-refractivity contribution is 5.97. The lowest BCUT2D eigenvalue weighted by Crippen LogP contribution is -2.48. The van der Waals surface area contributed by atoms with E-state index in [-0.39, 0.29) is 5.91 Å². The summed E-state index contributed by atoms with van der Waals surface area (Å²) in [6, 6.07) is 7.76. The molecule has 0 bridgehead atoms. The molecule has 7 nitrogen and oxygen atoms in total. The monoisotopic (exact) mass is 339 g/mol. The number of hydrogen-bond donors (Lipinski definition) is 0. The molecule has 0 N–H and O–H groups in total. The lowest BCUT2D eigenvalue weighted by Gasteiger charge is -2.34. The topological polar surface area (TPSA) is 59.4 Å². The molecule has 1 amide bonds. The van der Waals surface area contributed by atoms with Crippen LogP contribution < -0.4 is 0 Å². The Balaban J connectivity index is 1.45. The fraction of sp³-hybridized carbons (Fsp3) is 0.333. The molecule has 25 heavy (non-hydrogen) atoms. The van der Waals surface area contributed by atoms with Gasteiger partial charge in [0.05, 0.1) is 19.0 Å². The highest BCUT2D eigenvalue weighted by Crippen LogP contribution is 2.18. The van der Waals surface area contributed by atoms with Crippen molar-refractivity contribution in [3.63, 3.8) is 0 Å². The maximum absolute atomic E-state index is 13.0. The Labute approximate surface area is 146 Å². The third-order valence-corrected chi connectivity index (χ3v) is 4.61. The third-order valence-electron chi connectivity index (χ3n) is 4.61. The maximum atomic E-state index is 13.0. The molecule has 130 valence electrons. The van der Waals surface area contributed by atoms with Gasteiger partial charge in [-0.2, -0.15) is 5.10 Å². The summed E-state index contributed by atoms with van der Waals surface area (Å²) in [5, 5.41) is 4.28. The normalized spacial score (nSPS) is 15.6. The van der Waals surface area contributed by atoms with Crippen LogP contribution in [0.3, 0.4) is 0 Å². The fourth-order valence-electron chi connectivity index (χ4n) is 3.27. The number of aromatic nitrogens is 3. The van der Waals surface area contributed by atoms with Crippen LogP contribution in [0.15, 0.2) is 53.5 Å². The van der Waals surface area contributed by atoms with Gasteiger partial charge in [0.2, 0.25) is 0 Å². The van der Waals surface area contributed by atoms with Crippen molar-refractivity contribution in [2.45, 2.75) is 6.54 Å². The van der Waals surface area contributed by atoms with E-state index in [0.29, 0.717) is 18.7 Å². The minimum absolute atomic E-state index is 0.0365. The molecule has 0 spiro atoms. The molecule has 1 saturated heterocycles. The van der Waals surface area contributed by atoms with E-state index < -0.39 is 0 Å². The maximum Gasteiger partial charge on any atom is 0.259 e. The molecule has 4 heterocycles. The summed E-state index contributed by atoms with van der Waals surface area (Å²) in [7, 11) is 1.85. The first-order chi connectivity index (χ1) is 12.2. The molecule has 0 saturated carbocycles. The van der Waals surface area contributed by atoms with E-state index in [1.165, 1.54) is 0 Å². The van der Waals surface area contributed by atoms with E-state index in [1.807, 2.05) is 53.2 Å². The number of carbonyl (C=O) groups is 1. The molecule has 0 aromatic carbocycles. The summed E-state index contributed by atoms with van der Waals surface area (Å²) >= 11 is 0. The molecule has 1 fully saturated rings. The van der Waals surface area contributed by atoms with Gasteiger partial charge >= 0.3 is 0 Å². The van der Waals surface area contributed by atoms with Crippen molar-refractivity contribution in [2.24, 2.45) is 7.05 Å². The van der Waals surface area contributed by atoms with Gasteiger partial charge in [0.15, 0.2) is 0 Å². The van der Waals surface area contributed by atoms with Gasteiger partial charge in [-0.1, -0.05) is 0 Å². The van der Waals surface area contributed by atoms with Gasteiger partial charge in [0.1, 0.15) is 17.1 Å². The fourth-order valence-corrected chi connectivity index (χ4v) is 3.27. The van der Waals surface area contributed by atoms with Crippen LogP contribution in [0.25, 0.3) is 5.82 Å². The van der Waals surface area contributed by atoms with Crippen LogP contribution in [0.2, 0.25) is 0 Å². The zero-order chi connectivity index (χ0) is 17.2. The van der Waals surface area contributed by atoms with E-state index in [1.54, 1.807) is 17.1 Å². The van der Waals surface area contributed by atoms with Crippen molar-refractivity contribution < 1.29 is 9.21 Å². The SMILES string of the molecule is Cn1ncc(C(=O)N2CCN(Cc3ccco3)CC2)c1-n1cccc1. The van der Waals surface area contributed by atoms with Gasteiger partial charge in [-0.25, -0.2) is 0 Å². The van der Waals surface area contributed by atoms with E-state index in [4.69, 9.17) is 4.42 Å². The Morgan fingerprint density at radius 2 is 1.92 bits per heavy atom. The predicted molar refractivity (Wildman–Crippen MR) is 92.4 cm³/mol. The average molecular weight is 339 g/mol. The standard InChI is InChI=1S/C18H21N5O2/c1-20-17(22-6-2-3-7-22)16(13-19-20)18(24)23-10-8-21(9-11-23)14-15-5-4-12-25-15/h2-7,12-13H,8-11,14H2,1H3. The first kappa shape index (κ1) is 15.7. The Hall–Kier alpha value is -2.80. The molecule has 1 aliphatic rings. The molecule has 1 aliphatic heterocycles. The van der Waals surface area contributed by atoms with E-state index in [9.17, 15) is 4.79 Å². The van der Waals surface area contributed by atoms with Gasteiger partial charge in [0, 0.05) is 45.6 Å². The summed E-state index contributed by atoms with van der Waals surface area (Å²) in [6.45, 7) is 3.88. The molecular formula is C18H21N5O2. The number of amides is 1. The van der Waals surface area contributed by atoms with Crippen LogP contribution in [0.5, 0.6) is 0 Å². The van der Waals surface area contributed by atoms with Gasteiger partial charge in [-0.15, -0.1) is 0 Å². The predicted octanol–water partition coefficient (Wildman–Crippen LogP) is 1.76. The number of furan rings is 1. The van der Waals surface area contributed by atoms with E-state index >= 15 is 0 Å². The van der Waals surface area contributed by atoms with Crippen molar-refractivity contribution in [3.8, 4) is 5.82 Å². The molecule has 0 atom stereocenters. The third kappa shape index (κ3) is 3.10. The van der Waals surface area contributed by atoms with Crippen LogP contribution in [0, 0.1) is 0 Å². The zero-order valence-corrected chi connectivity index (χ0v) is 14.2. The molecule has 4 rings (SSSR count). The van der Waals surface area contributed by atoms with Crippen LogP contribution >= 0.6 is 0 Å². The highest BCUT2D eigenvalue weighted by Gasteiger charge is 2.26. The minimum Gasteiger partial charge on any atom is -0.468 e. The second-order valence-corrected chi connectivity index (χ2v) is 6.24. The smallest absolute Gasteiger partial charge is 0.259 e. The van der Waals surface area contributed by atoms with Crippen molar-refractivity contribution >= 4 is 5.91 Å². The summed E-state index contributed by atoms with van der Waals surface area (Å²) in [6.07, 6.45) is 7.21. The minimum atomic E-state index is 0.0365. The number of rotatable bonds is 4. The lowest BCUT2D eigenvalue weighted by atomic mass is 10.2. The Kier molecular flexibility index (Phi) is 4.15. The van der Waals surface area contributed by atoms with Crippen LogP contribution in [-0.2, 0) is 13.6 Å². The first-order valence-electron chi connectivity index (χ1n) is 8.42. The lowest BCUT2D eigenvalue weighted by molar-refractivity contribution is 0.0620. The Morgan fingerprint density at radius 1 is 1.16 bits per heavy atom. The van der Waals surface area contributed by atoms with Crippen molar-refractivity contribution in [1.29, 1.82) is 0 Å². The molecular weight excluding hydrogens is 318 g/mol. The highest BCUT2D eigenvalue weighted by atomic mass is 16.3. The summed E-state index contributed by atoms with van der Waals surface area (Å²) in [5.41, 5.74) is 0.637. The largest absolute Gasteiger partial charge is 0.468 e. The second kappa shape index (κ2) is 6.60. The Bertz CT molecular complexity index is 827. The number of piperazine rings is 1. The van der Waals surface area contributed by atoms with Crippen molar-refractivity contribution in [2.75, 3.05) is 26.2 Å². The average Bonchev–Trinajstić information content (AvgIpc) is 3.36. The van der Waals surface area contributed by atoms with E-state index in [2.05, 4.69) is 10.00 Å². The molecule has 0 aliphatic carbocycles. The van der Waals surface area contributed by atoms with Crippen LogP contribution in [-0.4, -0.2) is 56.2 Å². The summed E-state index contributed by atoms with van der Waals surface area (Å²) in [5.74, 6) is 1.80. The van der Waals surface area contributed by atoms with Gasteiger partial charge < -0.3 is 13.9 Å². The molecule has 3 aromatic heterocycles. The summed E-state index contributed by atoms with van der Waals surface area (Å²) in [4.78, 5) is 17.2. The molecule has 0 radical (unpaired) electrons. The van der Waals surface area contributed by atoms with Crippen LogP contribution in [0.1, 0.15) is 16.1 Å². The number of nitrogens with zero attached hydrogens (tertiary/aromatic N) is 5. The van der Waals surface area contributed by atoms with Gasteiger partial charge in [0.25, 0.3) is 5.91 Å². The molecule has 7 heteroatoms. The quantitative estimate of drug-likeness (QED) is 0.727. The number of carbonyl (C=O) groups excluding carboxylic acids is 1. The molecule has 0 unspecified atom stereocenters. The van der Waals surface area contributed by atoms with E-state index in [0.717, 1.165) is 31.2 Å². The first-order valence-corrected chi connectivity index (χ1v) is 8.42. The number of aryl methyl sites for hydroxylation is 1. The van der Waals surface area contributed by atoms with Crippen molar-refractivity contribution in [3.05, 3.63) is 60.4 Å².